The van der Waals surface area contributed by atoms with Crippen molar-refractivity contribution >= 4 is 5.69 Å². The fourth-order valence-electron chi connectivity index (χ4n) is 1.67. The molecule has 2 rings (SSSR count). The predicted molar refractivity (Wildman–Crippen MR) is 64.3 cm³/mol. The molecule has 2 aromatic rings. The first-order valence-corrected chi connectivity index (χ1v) is 5.39. The Morgan fingerprint density at radius 2 is 2.28 bits per heavy atom. The summed E-state index contributed by atoms with van der Waals surface area (Å²) < 4.78 is 7.07. The summed E-state index contributed by atoms with van der Waals surface area (Å²) in [6, 6.07) is 4.73. The highest BCUT2D eigenvalue weighted by molar-refractivity contribution is 5.71. The highest BCUT2D eigenvalue weighted by Gasteiger charge is 2.21. The van der Waals surface area contributed by atoms with E-state index in [1.54, 1.807) is 30.7 Å². The first-order chi connectivity index (χ1) is 8.65. The molecule has 0 aliphatic carbocycles. The van der Waals surface area contributed by atoms with Gasteiger partial charge in [-0.1, -0.05) is 6.07 Å². The number of aryl methyl sites for hydroxylation is 1. The second kappa shape index (κ2) is 4.82. The van der Waals surface area contributed by atoms with Gasteiger partial charge in [0.2, 0.25) is 5.75 Å². The number of hydrogen-bond acceptors (Lipinski definition) is 5. The van der Waals surface area contributed by atoms with E-state index in [2.05, 4.69) is 10.2 Å². The first-order valence-electron chi connectivity index (χ1n) is 5.39. The van der Waals surface area contributed by atoms with E-state index in [0.29, 0.717) is 18.0 Å². The van der Waals surface area contributed by atoms with Crippen molar-refractivity contribution in [3.05, 3.63) is 34.6 Å². The lowest BCUT2D eigenvalue weighted by Crippen LogP contribution is -2.01. The number of hydrogen-bond donors (Lipinski definition) is 0. The molecule has 0 fully saturated rings. The van der Waals surface area contributed by atoms with Crippen LogP contribution in [0.4, 0.5) is 5.69 Å². The minimum absolute atomic E-state index is 0.0719. The number of aromatic nitrogens is 3. The number of rotatable bonds is 4. The van der Waals surface area contributed by atoms with Gasteiger partial charge in [0.1, 0.15) is 6.33 Å². The molecular formula is C11H12N4O3. The number of ether oxygens (including phenoxy) is 1. The Labute approximate surface area is 103 Å². The Bertz CT molecular complexity index is 579. The summed E-state index contributed by atoms with van der Waals surface area (Å²) in [7, 11) is 1.77. The van der Waals surface area contributed by atoms with Crippen LogP contribution in [0.5, 0.6) is 5.75 Å². The molecule has 0 radical (unpaired) electrons. The molecule has 0 saturated carbocycles. The average Bonchev–Trinajstić information content (AvgIpc) is 2.76. The van der Waals surface area contributed by atoms with E-state index in [9.17, 15) is 10.1 Å². The Hall–Kier alpha value is -2.44. The van der Waals surface area contributed by atoms with Crippen molar-refractivity contribution in [2.45, 2.75) is 6.92 Å². The van der Waals surface area contributed by atoms with Crippen LogP contribution in [-0.4, -0.2) is 26.3 Å². The van der Waals surface area contributed by atoms with Crippen molar-refractivity contribution in [2.75, 3.05) is 6.61 Å². The largest absolute Gasteiger partial charge is 0.487 e. The van der Waals surface area contributed by atoms with Crippen LogP contribution >= 0.6 is 0 Å². The monoisotopic (exact) mass is 248 g/mol. The van der Waals surface area contributed by atoms with Crippen molar-refractivity contribution in [2.24, 2.45) is 7.05 Å². The number of para-hydroxylation sites is 1. The van der Waals surface area contributed by atoms with Gasteiger partial charge in [-0.05, 0) is 13.0 Å². The van der Waals surface area contributed by atoms with E-state index < -0.39 is 4.92 Å². The number of nitrogens with zero attached hydrogens (tertiary/aromatic N) is 4. The minimum Gasteiger partial charge on any atom is -0.487 e. The second-order valence-electron chi connectivity index (χ2n) is 3.61. The maximum atomic E-state index is 11.0. The van der Waals surface area contributed by atoms with Crippen LogP contribution in [0.15, 0.2) is 24.5 Å². The summed E-state index contributed by atoms with van der Waals surface area (Å²) in [5.74, 6) is 0.753. The van der Waals surface area contributed by atoms with Gasteiger partial charge in [0, 0.05) is 13.1 Å². The second-order valence-corrected chi connectivity index (χ2v) is 3.61. The van der Waals surface area contributed by atoms with Crippen molar-refractivity contribution in [3.8, 4) is 17.1 Å². The molecule has 1 aromatic carbocycles. The summed E-state index contributed by atoms with van der Waals surface area (Å²) in [5.41, 5.74) is 0.489. The Kier molecular flexibility index (Phi) is 3.22. The smallest absolute Gasteiger partial charge is 0.311 e. The van der Waals surface area contributed by atoms with Crippen molar-refractivity contribution in [1.82, 2.24) is 14.8 Å². The molecule has 0 spiro atoms. The molecule has 1 heterocycles. The van der Waals surface area contributed by atoms with Gasteiger partial charge in [-0.3, -0.25) is 10.1 Å². The van der Waals surface area contributed by atoms with Gasteiger partial charge < -0.3 is 9.30 Å². The zero-order valence-corrected chi connectivity index (χ0v) is 10.0. The zero-order chi connectivity index (χ0) is 13.1. The standard InChI is InChI=1S/C11H12N4O3/c1-3-18-10-8(11-13-12-7-14(11)2)5-4-6-9(10)15(16)17/h4-7H,3H2,1-2H3. The third kappa shape index (κ3) is 2.02. The highest BCUT2D eigenvalue weighted by Crippen LogP contribution is 2.36. The molecule has 7 nitrogen and oxygen atoms in total. The summed E-state index contributed by atoms with van der Waals surface area (Å²) in [6.07, 6.45) is 1.53. The van der Waals surface area contributed by atoms with E-state index in [1.807, 2.05) is 0 Å². The molecule has 94 valence electrons. The summed E-state index contributed by atoms with van der Waals surface area (Å²) in [4.78, 5) is 10.5. The van der Waals surface area contributed by atoms with Crippen LogP contribution in [0, 0.1) is 10.1 Å². The molecule has 1 aromatic heterocycles. The lowest BCUT2D eigenvalue weighted by molar-refractivity contribution is -0.385. The number of benzene rings is 1. The third-order valence-corrected chi connectivity index (χ3v) is 2.43. The van der Waals surface area contributed by atoms with Crippen LogP contribution in [0.3, 0.4) is 0 Å². The summed E-state index contributed by atoms with van der Waals surface area (Å²) in [5, 5.41) is 18.7. The molecule has 0 unspecified atom stereocenters. The summed E-state index contributed by atoms with van der Waals surface area (Å²) >= 11 is 0. The van der Waals surface area contributed by atoms with Crippen molar-refractivity contribution in [1.29, 1.82) is 0 Å². The van der Waals surface area contributed by atoms with Gasteiger partial charge in [0.15, 0.2) is 5.82 Å². The SMILES string of the molecule is CCOc1c(-c2nncn2C)cccc1[N+](=O)[O-]. The van der Waals surface area contributed by atoms with E-state index in [0.717, 1.165) is 0 Å². The molecule has 18 heavy (non-hydrogen) atoms. The van der Waals surface area contributed by atoms with Gasteiger partial charge in [-0.25, -0.2) is 0 Å². The van der Waals surface area contributed by atoms with E-state index in [1.165, 1.54) is 12.4 Å². The van der Waals surface area contributed by atoms with E-state index in [-0.39, 0.29) is 11.4 Å². The maximum absolute atomic E-state index is 11.0. The molecule has 0 bridgehead atoms. The Balaban J connectivity index is 2.63. The van der Waals surface area contributed by atoms with E-state index in [4.69, 9.17) is 4.74 Å². The maximum Gasteiger partial charge on any atom is 0.311 e. The normalized spacial score (nSPS) is 10.3. The predicted octanol–water partition coefficient (Wildman–Crippen LogP) is 1.79. The van der Waals surface area contributed by atoms with Gasteiger partial charge in [-0.2, -0.15) is 0 Å². The van der Waals surface area contributed by atoms with E-state index >= 15 is 0 Å². The lowest BCUT2D eigenvalue weighted by atomic mass is 10.1. The van der Waals surface area contributed by atoms with Gasteiger partial charge in [0.05, 0.1) is 17.1 Å². The molecule has 0 N–H and O–H groups in total. The minimum atomic E-state index is -0.467. The molecule has 0 aliphatic heterocycles. The van der Waals surface area contributed by atoms with Crippen LogP contribution in [0.1, 0.15) is 6.92 Å². The van der Waals surface area contributed by atoms with Crippen molar-refractivity contribution < 1.29 is 9.66 Å². The Morgan fingerprint density at radius 3 is 2.83 bits per heavy atom. The topological polar surface area (TPSA) is 83.1 Å². The highest BCUT2D eigenvalue weighted by atomic mass is 16.6. The molecular weight excluding hydrogens is 236 g/mol. The molecule has 0 aliphatic rings. The van der Waals surface area contributed by atoms with Gasteiger partial charge >= 0.3 is 5.69 Å². The first kappa shape index (κ1) is 12.0. The van der Waals surface area contributed by atoms with Crippen LogP contribution in [0.2, 0.25) is 0 Å². The lowest BCUT2D eigenvalue weighted by Gasteiger charge is -2.09. The summed E-state index contributed by atoms with van der Waals surface area (Å²) in [6.45, 7) is 2.12. The van der Waals surface area contributed by atoms with Gasteiger partial charge in [-0.15, -0.1) is 10.2 Å². The fraction of sp³-hybridized carbons (Fsp3) is 0.273. The molecule has 0 saturated heterocycles. The van der Waals surface area contributed by atoms with Gasteiger partial charge in [0.25, 0.3) is 0 Å². The average molecular weight is 248 g/mol. The van der Waals surface area contributed by atoms with Crippen LogP contribution in [-0.2, 0) is 7.05 Å². The van der Waals surface area contributed by atoms with Crippen LogP contribution in [0.25, 0.3) is 11.4 Å². The fourth-order valence-corrected chi connectivity index (χ4v) is 1.67. The quantitative estimate of drug-likeness (QED) is 0.608. The molecule has 0 amide bonds. The number of nitro groups is 1. The van der Waals surface area contributed by atoms with Crippen LogP contribution < -0.4 is 4.74 Å². The number of nitro benzene ring substituents is 1. The molecule has 0 atom stereocenters. The van der Waals surface area contributed by atoms with Crippen molar-refractivity contribution in [3.63, 3.8) is 0 Å². The Morgan fingerprint density at radius 1 is 1.50 bits per heavy atom. The third-order valence-electron chi connectivity index (χ3n) is 2.43. The molecule has 7 heteroatoms. The zero-order valence-electron chi connectivity index (χ0n) is 10.0.